The highest BCUT2D eigenvalue weighted by molar-refractivity contribution is 7.93. The van der Waals surface area contributed by atoms with E-state index in [1.807, 2.05) is 18.2 Å². The molecule has 3 aromatic rings. The van der Waals surface area contributed by atoms with Crippen molar-refractivity contribution >= 4 is 38.1 Å². The number of hydrogen-bond acceptors (Lipinski definition) is 4. The highest BCUT2D eigenvalue weighted by Gasteiger charge is 2.40. The lowest BCUT2D eigenvalue weighted by atomic mass is 10.1. The van der Waals surface area contributed by atoms with Gasteiger partial charge in [-0.1, -0.05) is 36.4 Å². The van der Waals surface area contributed by atoms with Gasteiger partial charge < -0.3 is 5.32 Å². The summed E-state index contributed by atoms with van der Waals surface area (Å²) in [6.45, 7) is 1.53. The van der Waals surface area contributed by atoms with E-state index in [4.69, 9.17) is 0 Å². The van der Waals surface area contributed by atoms with Gasteiger partial charge in [0.25, 0.3) is 10.0 Å². The topological polar surface area (TPSA) is 90.3 Å². The number of para-hydroxylation sites is 1. The summed E-state index contributed by atoms with van der Waals surface area (Å²) in [5.74, 6) is -0.508. The summed E-state index contributed by atoms with van der Waals surface area (Å²) >= 11 is 0. The van der Waals surface area contributed by atoms with Crippen LogP contribution in [0.25, 0.3) is 10.8 Å². The minimum Gasteiger partial charge on any atom is -0.323 e. The summed E-state index contributed by atoms with van der Waals surface area (Å²) in [5.41, 5.74) is 1.15. The molecule has 0 saturated heterocycles. The molecule has 0 saturated carbocycles. The van der Waals surface area contributed by atoms with E-state index in [-0.39, 0.29) is 4.90 Å². The van der Waals surface area contributed by atoms with E-state index in [2.05, 4.69) is 5.32 Å². The summed E-state index contributed by atoms with van der Waals surface area (Å²) in [6, 6.07) is 18.0. The molecule has 0 aliphatic carbocycles. The highest BCUT2D eigenvalue weighted by Crippen LogP contribution is 2.43. The second-order valence-corrected chi connectivity index (χ2v) is 8.04. The number of nitrogens with one attached hydrogen (secondary N) is 1. The van der Waals surface area contributed by atoms with Crippen molar-refractivity contribution in [3.8, 4) is 6.07 Å². The van der Waals surface area contributed by atoms with Gasteiger partial charge in [-0.2, -0.15) is 5.26 Å². The number of amides is 1. The Kier molecular flexibility index (Phi) is 3.86. The fourth-order valence-electron chi connectivity index (χ4n) is 3.37. The molecule has 1 heterocycles. The number of nitrogens with zero attached hydrogens (tertiary/aromatic N) is 2. The minimum atomic E-state index is -3.84. The van der Waals surface area contributed by atoms with Gasteiger partial charge in [-0.05, 0) is 36.6 Å². The van der Waals surface area contributed by atoms with Crippen molar-refractivity contribution in [2.45, 2.75) is 17.9 Å². The normalized spacial score (nSPS) is 15.3. The number of sulfonamides is 1. The van der Waals surface area contributed by atoms with Crippen LogP contribution >= 0.6 is 0 Å². The Bertz CT molecular complexity index is 1220. The third-order valence-electron chi connectivity index (χ3n) is 4.66. The van der Waals surface area contributed by atoms with Crippen LogP contribution in [0.3, 0.4) is 0 Å². The maximum Gasteiger partial charge on any atom is 0.265 e. The van der Waals surface area contributed by atoms with Crippen molar-refractivity contribution in [2.75, 3.05) is 9.62 Å². The van der Waals surface area contributed by atoms with Crippen molar-refractivity contribution in [3.63, 3.8) is 0 Å². The predicted molar refractivity (Wildman–Crippen MR) is 103 cm³/mol. The van der Waals surface area contributed by atoms with Crippen LogP contribution in [-0.4, -0.2) is 20.4 Å². The maximum atomic E-state index is 13.1. The molecule has 3 aromatic carbocycles. The first kappa shape index (κ1) is 17.1. The summed E-state index contributed by atoms with van der Waals surface area (Å²) in [5, 5.41) is 13.3. The van der Waals surface area contributed by atoms with E-state index in [9.17, 15) is 18.5 Å². The quantitative estimate of drug-likeness (QED) is 0.759. The molecular formula is C20H15N3O3S. The van der Waals surface area contributed by atoms with Gasteiger partial charge in [-0.15, -0.1) is 0 Å². The van der Waals surface area contributed by atoms with Gasteiger partial charge in [-0.25, -0.2) is 8.42 Å². The van der Waals surface area contributed by atoms with Crippen molar-refractivity contribution in [3.05, 3.63) is 66.2 Å². The van der Waals surface area contributed by atoms with Crippen molar-refractivity contribution in [1.82, 2.24) is 0 Å². The number of hydrogen-bond donors (Lipinski definition) is 1. The van der Waals surface area contributed by atoms with Crippen LogP contribution in [0.2, 0.25) is 0 Å². The zero-order valence-electron chi connectivity index (χ0n) is 14.4. The molecule has 1 aliphatic heterocycles. The standard InChI is InChI=1S/C20H15N3O3S/c1-13(20(24)22-16-9-3-2-6-15(16)12-21)23-17-10-4-7-14-8-5-11-18(19(14)17)27(23,25)26/h2-11,13H,1H3,(H,22,24)/t13-/m0/s1. The molecule has 0 bridgehead atoms. The lowest BCUT2D eigenvalue weighted by molar-refractivity contribution is -0.116. The summed E-state index contributed by atoms with van der Waals surface area (Å²) in [6.07, 6.45) is 0. The number of carbonyl (C=O) groups is 1. The summed E-state index contributed by atoms with van der Waals surface area (Å²) in [4.78, 5) is 13.0. The first-order chi connectivity index (χ1) is 12.9. The van der Waals surface area contributed by atoms with Gasteiger partial charge >= 0.3 is 0 Å². The Morgan fingerprint density at radius 1 is 1.07 bits per heavy atom. The average Bonchev–Trinajstić information content (AvgIpc) is 2.90. The Hall–Kier alpha value is -3.37. The van der Waals surface area contributed by atoms with Gasteiger partial charge in [0.05, 0.1) is 21.8 Å². The van der Waals surface area contributed by atoms with Crippen molar-refractivity contribution in [1.29, 1.82) is 5.26 Å². The van der Waals surface area contributed by atoms with E-state index < -0.39 is 22.0 Å². The Labute approximate surface area is 156 Å². The van der Waals surface area contributed by atoms with Crippen LogP contribution in [0.1, 0.15) is 12.5 Å². The molecule has 7 heteroatoms. The third-order valence-corrected chi connectivity index (χ3v) is 6.58. The van der Waals surface area contributed by atoms with Gasteiger partial charge in [0.15, 0.2) is 0 Å². The van der Waals surface area contributed by atoms with E-state index in [1.165, 1.54) is 6.92 Å². The SMILES string of the molecule is C[C@@H](C(=O)Nc1ccccc1C#N)N1c2cccc3cccc(c23)S1(=O)=O. The summed E-state index contributed by atoms with van der Waals surface area (Å²) < 4.78 is 27.3. The van der Waals surface area contributed by atoms with Gasteiger partial charge in [0, 0.05) is 5.39 Å². The zero-order chi connectivity index (χ0) is 19.2. The monoisotopic (exact) mass is 377 g/mol. The second-order valence-electron chi connectivity index (χ2n) is 6.25. The maximum absolute atomic E-state index is 13.1. The number of carbonyl (C=O) groups excluding carboxylic acids is 1. The van der Waals surface area contributed by atoms with E-state index in [0.717, 1.165) is 9.69 Å². The number of nitriles is 1. The number of rotatable bonds is 3. The van der Waals surface area contributed by atoms with Crippen LogP contribution in [0.4, 0.5) is 11.4 Å². The first-order valence-electron chi connectivity index (χ1n) is 8.31. The lowest BCUT2D eigenvalue weighted by Gasteiger charge is -2.25. The molecule has 27 heavy (non-hydrogen) atoms. The molecular weight excluding hydrogens is 362 g/mol. The molecule has 1 atom stereocenters. The lowest BCUT2D eigenvalue weighted by Crippen LogP contribution is -2.44. The number of benzene rings is 3. The van der Waals surface area contributed by atoms with Crippen molar-refractivity contribution < 1.29 is 13.2 Å². The molecule has 0 spiro atoms. The zero-order valence-corrected chi connectivity index (χ0v) is 15.2. The van der Waals surface area contributed by atoms with Crippen LogP contribution in [0, 0.1) is 11.3 Å². The molecule has 1 amide bonds. The average molecular weight is 377 g/mol. The molecule has 0 aromatic heterocycles. The minimum absolute atomic E-state index is 0.202. The van der Waals surface area contributed by atoms with Crippen LogP contribution < -0.4 is 9.62 Å². The molecule has 0 radical (unpaired) electrons. The van der Waals surface area contributed by atoms with Crippen LogP contribution in [0.15, 0.2) is 65.6 Å². The molecule has 1 N–H and O–H groups in total. The molecule has 0 fully saturated rings. The van der Waals surface area contributed by atoms with Crippen LogP contribution in [-0.2, 0) is 14.8 Å². The fraction of sp³-hybridized carbons (Fsp3) is 0.100. The van der Waals surface area contributed by atoms with E-state index in [0.29, 0.717) is 22.3 Å². The molecule has 0 unspecified atom stereocenters. The van der Waals surface area contributed by atoms with E-state index >= 15 is 0 Å². The van der Waals surface area contributed by atoms with Gasteiger partial charge in [0.2, 0.25) is 5.91 Å². The largest absolute Gasteiger partial charge is 0.323 e. The smallest absolute Gasteiger partial charge is 0.265 e. The molecule has 6 nitrogen and oxygen atoms in total. The fourth-order valence-corrected chi connectivity index (χ4v) is 5.24. The molecule has 134 valence electrons. The Morgan fingerprint density at radius 3 is 2.52 bits per heavy atom. The first-order valence-corrected chi connectivity index (χ1v) is 9.75. The van der Waals surface area contributed by atoms with Gasteiger partial charge in [-0.3, -0.25) is 9.10 Å². The van der Waals surface area contributed by atoms with E-state index in [1.54, 1.807) is 48.5 Å². The molecule has 1 aliphatic rings. The Morgan fingerprint density at radius 2 is 1.78 bits per heavy atom. The summed E-state index contributed by atoms with van der Waals surface area (Å²) in [7, 11) is -3.84. The molecule has 4 rings (SSSR count). The predicted octanol–water partition coefficient (Wildman–Crippen LogP) is 3.25. The van der Waals surface area contributed by atoms with Gasteiger partial charge in [0.1, 0.15) is 12.1 Å². The van der Waals surface area contributed by atoms with Crippen molar-refractivity contribution in [2.24, 2.45) is 0 Å². The highest BCUT2D eigenvalue weighted by atomic mass is 32.2. The third kappa shape index (κ3) is 2.54. The second kappa shape index (κ2) is 6.11. The Balaban J connectivity index is 1.75. The van der Waals surface area contributed by atoms with Crippen LogP contribution in [0.5, 0.6) is 0 Å². The number of anilines is 2.